The smallest absolute Gasteiger partial charge is 0.277 e. The third-order valence-electron chi connectivity index (χ3n) is 4.14. The predicted molar refractivity (Wildman–Crippen MR) is 103 cm³/mol. The fourth-order valence-corrected chi connectivity index (χ4v) is 2.54. The van der Waals surface area contributed by atoms with E-state index in [9.17, 15) is 14.0 Å². The molecular weight excluding hydrogens is 361 g/mol. The third kappa shape index (κ3) is 5.54. The van der Waals surface area contributed by atoms with Crippen LogP contribution in [0.25, 0.3) is 0 Å². The monoisotopic (exact) mass is 381 g/mol. The molecule has 2 aromatic rings. The summed E-state index contributed by atoms with van der Waals surface area (Å²) >= 11 is 0. The van der Waals surface area contributed by atoms with Gasteiger partial charge in [-0.3, -0.25) is 14.6 Å². The Morgan fingerprint density at radius 2 is 2.14 bits per heavy atom. The third-order valence-corrected chi connectivity index (χ3v) is 4.14. The van der Waals surface area contributed by atoms with Gasteiger partial charge in [0.25, 0.3) is 5.91 Å². The second-order valence-corrected chi connectivity index (χ2v) is 6.46. The van der Waals surface area contributed by atoms with Crippen LogP contribution < -0.4 is 5.32 Å². The lowest BCUT2D eigenvalue weighted by Gasteiger charge is -2.13. The molecule has 0 radical (unpaired) electrons. The molecule has 1 amide bonds. The molecule has 0 spiro atoms. The highest BCUT2D eigenvalue weighted by molar-refractivity contribution is 6.47. The lowest BCUT2D eigenvalue weighted by Crippen LogP contribution is -2.26. The zero-order valence-electron chi connectivity index (χ0n) is 15.4. The van der Waals surface area contributed by atoms with Crippen LogP contribution >= 0.6 is 0 Å². The van der Waals surface area contributed by atoms with Crippen LogP contribution in [-0.2, 0) is 16.0 Å². The van der Waals surface area contributed by atoms with Crippen molar-refractivity contribution in [3.05, 3.63) is 65.6 Å². The van der Waals surface area contributed by atoms with Crippen molar-refractivity contribution in [1.82, 2.24) is 15.2 Å². The number of hydrogen-bond acceptors (Lipinski definition) is 6. The van der Waals surface area contributed by atoms with Gasteiger partial charge in [-0.25, -0.2) is 4.39 Å². The molecule has 1 aromatic carbocycles. The predicted octanol–water partition coefficient (Wildman–Crippen LogP) is 2.35. The Morgan fingerprint density at radius 1 is 1.32 bits per heavy atom. The number of amides is 1. The number of aromatic nitrogens is 2. The molecule has 1 fully saturated rings. The summed E-state index contributed by atoms with van der Waals surface area (Å²) in [7, 11) is 1.79. The van der Waals surface area contributed by atoms with E-state index in [1.165, 1.54) is 24.3 Å². The topological polar surface area (TPSA) is 87.5 Å². The van der Waals surface area contributed by atoms with Crippen molar-refractivity contribution in [3.8, 4) is 0 Å². The average molecular weight is 381 g/mol. The minimum absolute atomic E-state index is 0.104. The molecule has 1 aromatic heterocycles. The van der Waals surface area contributed by atoms with Crippen molar-refractivity contribution in [2.75, 3.05) is 12.4 Å². The largest absolute Gasteiger partial charge is 0.304 e. The van der Waals surface area contributed by atoms with Crippen LogP contribution in [0.15, 0.2) is 53.7 Å². The van der Waals surface area contributed by atoms with Crippen molar-refractivity contribution >= 4 is 23.7 Å². The normalized spacial score (nSPS) is 14.1. The van der Waals surface area contributed by atoms with E-state index < -0.39 is 5.91 Å². The minimum atomic E-state index is -0.488. The first-order valence-electron chi connectivity index (χ1n) is 8.87. The van der Waals surface area contributed by atoms with Crippen LogP contribution in [0.5, 0.6) is 0 Å². The van der Waals surface area contributed by atoms with Gasteiger partial charge in [-0.15, -0.1) is 5.10 Å². The summed E-state index contributed by atoms with van der Waals surface area (Å²) in [5, 5.41) is 16.7. The van der Waals surface area contributed by atoms with Gasteiger partial charge < -0.3 is 5.32 Å². The quantitative estimate of drug-likeness (QED) is 0.328. The van der Waals surface area contributed by atoms with Crippen molar-refractivity contribution in [1.29, 1.82) is 0 Å². The van der Waals surface area contributed by atoms with Gasteiger partial charge in [0.15, 0.2) is 5.82 Å². The number of hydrazone groups is 1. The zero-order valence-corrected chi connectivity index (χ0v) is 15.4. The molecule has 8 heteroatoms. The molecule has 1 N–H and O–H groups in total. The standard InChI is InChI=1S/C20H20FN5O2/c1-26(17-8-9-17)25-18(6-3-11-27)20(28)22-19-10-7-16(23-24-19)13-14-4-2-5-15(21)12-14/h2-7,10-12,17H,8-9,13H2,1H3,(H,22,24,28)/b6-3-,25-18+. The van der Waals surface area contributed by atoms with E-state index in [2.05, 4.69) is 20.6 Å². The van der Waals surface area contributed by atoms with Crippen molar-refractivity contribution < 1.29 is 14.0 Å². The lowest BCUT2D eigenvalue weighted by molar-refractivity contribution is -0.110. The van der Waals surface area contributed by atoms with Crippen LogP contribution in [-0.4, -0.2) is 46.2 Å². The van der Waals surface area contributed by atoms with Gasteiger partial charge >= 0.3 is 0 Å². The number of benzene rings is 1. The number of anilines is 1. The van der Waals surface area contributed by atoms with Gasteiger partial charge in [0.1, 0.15) is 17.8 Å². The number of hydrogen-bond donors (Lipinski definition) is 1. The van der Waals surface area contributed by atoms with Gasteiger partial charge in [0, 0.05) is 19.5 Å². The van der Waals surface area contributed by atoms with E-state index >= 15 is 0 Å². The Hall–Kier alpha value is -3.42. The summed E-state index contributed by atoms with van der Waals surface area (Å²) in [4.78, 5) is 23.1. The van der Waals surface area contributed by atoms with Crippen LogP contribution in [0.1, 0.15) is 24.1 Å². The van der Waals surface area contributed by atoms with Crippen molar-refractivity contribution in [3.63, 3.8) is 0 Å². The summed E-state index contributed by atoms with van der Waals surface area (Å²) in [6.07, 6.45) is 5.65. The maximum atomic E-state index is 13.3. The number of nitrogens with zero attached hydrogens (tertiary/aromatic N) is 4. The molecule has 28 heavy (non-hydrogen) atoms. The molecule has 1 saturated carbocycles. The Balaban J connectivity index is 1.66. The molecule has 0 atom stereocenters. The van der Waals surface area contributed by atoms with E-state index in [-0.39, 0.29) is 17.3 Å². The highest BCUT2D eigenvalue weighted by Gasteiger charge is 2.26. The molecule has 1 aliphatic carbocycles. The second kappa shape index (κ2) is 8.98. The van der Waals surface area contributed by atoms with Gasteiger partial charge in [0.05, 0.1) is 5.69 Å². The summed E-state index contributed by atoms with van der Waals surface area (Å²) in [6.45, 7) is 0. The molecule has 3 rings (SSSR count). The van der Waals surface area contributed by atoms with E-state index in [1.54, 1.807) is 36.3 Å². The minimum Gasteiger partial charge on any atom is -0.304 e. The molecule has 7 nitrogen and oxygen atoms in total. The summed E-state index contributed by atoms with van der Waals surface area (Å²) in [5.74, 6) is -0.534. The molecule has 0 saturated heterocycles. The number of aldehydes is 1. The number of rotatable bonds is 8. The Morgan fingerprint density at radius 3 is 2.79 bits per heavy atom. The average Bonchev–Trinajstić information content (AvgIpc) is 3.52. The number of carbonyl (C=O) groups excluding carboxylic acids is 2. The Labute approximate surface area is 162 Å². The highest BCUT2D eigenvalue weighted by atomic mass is 19.1. The second-order valence-electron chi connectivity index (χ2n) is 6.46. The van der Waals surface area contributed by atoms with E-state index in [4.69, 9.17) is 0 Å². The lowest BCUT2D eigenvalue weighted by atomic mass is 10.1. The van der Waals surface area contributed by atoms with Crippen molar-refractivity contribution in [2.24, 2.45) is 5.10 Å². The van der Waals surface area contributed by atoms with Crippen LogP contribution in [0.4, 0.5) is 10.2 Å². The number of halogens is 1. The highest BCUT2D eigenvalue weighted by Crippen LogP contribution is 2.25. The summed E-state index contributed by atoms with van der Waals surface area (Å²) in [5.41, 5.74) is 1.53. The molecule has 1 heterocycles. The Kier molecular flexibility index (Phi) is 6.21. The SMILES string of the molecule is CN(/N=C(\C=C/C=O)C(=O)Nc1ccc(Cc2cccc(F)c2)nn1)C1CC1. The van der Waals surface area contributed by atoms with Crippen LogP contribution in [0, 0.1) is 5.82 Å². The molecule has 144 valence electrons. The van der Waals surface area contributed by atoms with Crippen molar-refractivity contribution in [2.45, 2.75) is 25.3 Å². The Bertz CT molecular complexity index is 907. The molecule has 0 unspecified atom stereocenters. The molecular formula is C20H20FN5O2. The number of allylic oxidation sites excluding steroid dienone is 1. The van der Waals surface area contributed by atoms with E-state index in [0.29, 0.717) is 24.4 Å². The van der Waals surface area contributed by atoms with E-state index in [0.717, 1.165) is 18.4 Å². The van der Waals surface area contributed by atoms with Gasteiger partial charge in [0.2, 0.25) is 0 Å². The van der Waals surface area contributed by atoms with Gasteiger partial charge in [-0.05, 0) is 54.8 Å². The fraction of sp³-hybridized carbons (Fsp3) is 0.250. The fourth-order valence-electron chi connectivity index (χ4n) is 2.54. The van der Waals surface area contributed by atoms with Gasteiger partial charge in [-0.2, -0.15) is 10.2 Å². The van der Waals surface area contributed by atoms with E-state index in [1.807, 2.05) is 0 Å². The first-order valence-corrected chi connectivity index (χ1v) is 8.87. The van der Waals surface area contributed by atoms with Gasteiger partial charge in [-0.1, -0.05) is 12.1 Å². The maximum Gasteiger partial charge on any atom is 0.277 e. The molecule has 1 aliphatic rings. The maximum absolute atomic E-state index is 13.3. The summed E-state index contributed by atoms with van der Waals surface area (Å²) in [6, 6.07) is 9.92. The number of nitrogens with one attached hydrogen (secondary N) is 1. The number of carbonyl (C=O) groups is 2. The molecule has 0 bridgehead atoms. The first kappa shape index (κ1) is 19.3. The zero-order chi connectivity index (χ0) is 19.9. The van der Waals surface area contributed by atoms with Crippen LogP contribution in [0.2, 0.25) is 0 Å². The summed E-state index contributed by atoms with van der Waals surface area (Å²) < 4.78 is 13.3. The van der Waals surface area contributed by atoms with Crippen LogP contribution in [0.3, 0.4) is 0 Å². The molecule has 0 aliphatic heterocycles. The first-order chi connectivity index (χ1) is 13.5.